The van der Waals surface area contributed by atoms with Crippen molar-refractivity contribution in [3.8, 4) is 11.8 Å². The lowest BCUT2D eigenvalue weighted by atomic mass is 9.80. The number of alkyl halides is 1. The van der Waals surface area contributed by atoms with E-state index in [0.717, 1.165) is 36.3 Å². The monoisotopic (exact) mass is 430 g/mol. The third kappa shape index (κ3) is 4.25. The average molecular weight is 431 g/mol. The normalized spacial score (nSPS) is 21.2. The molecule has 5 rings (SSSR count). The number of nitrogens with one attached hydrogen (secondary N) is 1. The molecule has 0 radical (unpaired) electrons. The van der Waals surface area contributed by atoms with Gasteiger partial charge in [-0.2, -0.15) is 5.26 Å². The molecule has 1 fully saturated rings. The highest BCUT2D eigenvalue weighted by atomic mass is 18.2. The molecule has 1 saturated carbocycles. The summed E-state index contributed by atoms with van der Waals surface area (Å²) in [6.07, 6.45) is 8.48. The van der Waals surface area contributed by atoms with Crippen LogP contribution in [0.3, 0.4) is 0 Å². The largest absolute Gasteiger partial charge is 0.493 e. The Kier molecular flexibility index (Phi) is 6.14. The van der Waals surface area contributed by atoms with E-state index in [-0.39, 0.29) is 6.67 Å². The first-order valence-electron chi connectivity index (χ1n) is 11.8. The molecule has 5 heteroatoms. The van der Waals surface area contributed by atoms with Crippen LogP contribution >= 0.6 is 0 Å². The Hall–Kier alpha value is -2.84. The molecule has 0 unspecified atom stereocenters. The molecule has 0 amide bonds. The van der Waals surface area contributed by atoms with Crippen LogP contribution in [0.25, 0.3) is 10.9 Å². The maximum Gasteiger partial charge on any atom is 0.119 e. The van der Waals surface area contributed by atoms with E-state index in [9.17, 15) is 9.65 Å². The highest BCUT2D eigenvalue weighted by molar-refractivity contribution is 5.85. The molecule has 0 spiro atoms. The van der Waals surface area contributed by atoms with Gasteiger partial charge in [0, 0.05) is 42.7 Å². The molecule has 2 heterocycles. The Balaban J connectivity index is 1.21. The lowest BCUT2D eigenvalue weighted by Gasteiger charge is -2.39. The number of aromatic nitrogens is 1. The standard InChI is InChI=1S/C27H30FN3O/c28-11-1-13-32-24-8-5-22-18-31(12-10-21(22)15-24)23-6-3-20(4-7-23)26-17-30-27-9-2-19(16-29)14-25(26)27/h2,5,8-9,14-15,17,20,23,30H,1,3-4,6-7,10-13,18H2/i28-1. The number of rotatable bonds is 6. The summed E-state index contributed by atoms with van der Waals surface area (Å²) in [4.78, 5) is 6.05. The number of H-pyrrole nitrogens is 1. The second kappa shape index (κ2) is 9.34. The van der Waals surface area contributed by atoms with Crippen LogP contribution in [0.2, 0.25) is 0 Å². The van der Waals surface area contributed by atoms with E-state index in [4.69, 9.17) is 4.74 Å². The zero-order valence-corrected chi connectivity index (χ0v) is 18.4. The van der Waals surface area contributed by atoms with Crippen molar-refractivity contribution in [1.29, 1.82) is 5.26 Å². The summed E-state index contributed by atoms with van der Waals surface area (Å²) in [6.45, 7) is 2.21. The van der Waals surface area contributed by atoms with Crippen LogP contribution in [-0.2, 0) is 13.0 Å². The summed E-state index contributed by atoms with van der Waals surface area (Å²) in [7, 11) is 0. The molecule has 2 aliphatic rings. The predicted octanol–water partition coefficient (Wildman–Crippen LogP) is 5.86. The number of ether oxygens (including phenoxy) is 1. The molecule has 0 atom stereocenters. The van der Waals surface area contributed by atoms with Crippen molar-refractivity contribution < 1.29 is 9.13 Å². The minimum absolute atomic E-state index is 0.330. The minimum atomic E-state index is -0.330. The Morgan fingerprint density at radius 3 is 2.78 bits per heavy atom. The third-order valence-corrected chi connectivity index (χ3v) is 7.26. The zero-order valence-electron chi connectivity index (χ0n) is 18.4. The summed E-state index contributed by atoms with van der Waals surface area (Å²) in [5, 5.41) is 10.5. The van der Waals surface area contributed by atoms with Crippen molar-refractivity contribution in [1.82, 2.24) is 9.88 Å². The average Bonchev–Trinajstić information content (AvgIpc) is 3.27. The summed E-state index contributed by atoms with van der Waals surface area (Å²) < 4.78 is 18.0. The van der Waals surface area contributed by atoms with Gasteiger partial charge in [-0.15, -0.1) is 0 Å². The number of aromatic amines is 1. The van der Waals surface area contributed by atoms with Gasteiger partial charge in [0.25, 0.3) is 0 Å². The number of nitrogens with zero attached hydrogens (tertiary/aromatic N) is 2. The number of fused-ring (bicyclic) bond motifs is 2. The van der Waals surface area contributed by atoms with Gasteiger partial charge in [-0.25, -0.2) is 0 Å². The van der Waals surface area contributed by atoms with Gasteiger partial charge in [-0.05, 0) is 85.0 Å². The zero-order chi connectivity index (χ0) is 21.9. The topological polar surface area (TPSA) is 52.0 Å². The predicted molar refractivity (Wildman–Crippen MR) is 125 cm³/mol. The molecular weight excluding hydrogens is 400 g/mol. The highest BCUT2D eigenvalue weighted by Crippen LogP contribution is 2.39. The van der Waals surface area contributed by atoms with E-state index in [1.54, 1.807) is 0 Å². The molecule has 166 valence electrons. The maximum atomic E-state index is 12.3. The fourth-order valence-electron chi connectivity index (χ4n) is 5.50. The lowest BCUT2D eigenvalue weighted by molar-refractivity contribution is 0.135. The van der Waals surface area contributed by atoms with E-state index < -0.39 is 0 Å². The van der Waals surface area contributed by atoms with Gasteiger partial charge in [0.05, 0.1) is 24.9 Å². The van der Waals surface area contributed by atoms with Crippen LogP contribution in [0.4, 0.5) is 4.39 Å². The van der Waals surface area contributed by atoms with Gasteiger partial charge in [-0.3, -0.25) is 9.29 Å². The van der Waals surface area contributed by atoms with Gasteiger partial charge in [-0.1, -0.05) is 6.07 Å². The van der Waals surface area contributed by atoms with Gasteiger partial charge < -0.3 is 9.72 Å². The molecule has 3 aromatic rings. The molecule has 1 aliphatic heterocycles. The smallest absolute Gasteiger partial charge is 0.119 e. The van der Waals surface area contributed by atoms with Crippen LogP contribution in [0.1, 0.15) is 60.3 Å². The maximum absolute atomic E-state index is 12.3. The minimum Gasteiger partial charge on any atom is -0.493 e. The van der Waals surface area contributed by atoms with E-state index in [1.165, 1.54) is 47.8 Å². The fraction of sp³-hybridized carbons (Fsp3) is 0.444. The highest BCUT2D eigenvalue weighted by Gasteiger charge is 2.29. The first-order valence-corrected chi connectivity index (χ1v) is 11.8. The summed E-state index contributed by atoms with van der Waals surface area (Å²) in [6, 6.07) is 15.2. The molecule has 1 aliphatic carbocycles. The number of halogens is 1. The molecule has 0 saturated heterocycles. The van der Waals surface area contributed by atoms with Crippen LogP contribution in [-0.4, -0.2) is 35.8 Å². The second-order valence-electron chi connectivity index (χ2n) is 9.16. The number of hydrogen-bond acceptors (Lipinski definition) is 3. The van der Waals surface area contributed by atoms with Gasteiger partial charge in [0.15, 0.2) is 0 Å². The molecule has 1 N–H and O–H groups in total. The SMILES string of the molecule is N#Cc1ccc2[nH]cc(C3CCC(N4CCc5cc(OCCC[18F])ccc5C4)CC3)c2c1. The Labute approximate surface area is 189 Å². The van der Waals surface area contributed by atoms with E-state index in [2.05, 4.69) is 34.3 Å². The van der Waals surface area contributed by atoms with Gasteiger partial charge in [0.2, 0.25) is 0 Å². The molecule has 0 bridgehead atoms. The second-order valence-corrected chi connectivity index (χ2v) is 9.16. The van der Waals surface area contributed by atoms with Crippen molar-refractivity contribution >= 4 is 10.9 Å². The summed E-state index contributed by atoms with van der Waals surface area (Å²) in [5.41, 5.74) is 6.01. The molecule has 2 aromatic carbocycles. The molecule has 32 heavy (non-hydrogen) atoms. The number of hydrogen-bond donors (Lipinski definition) is 1. The van der Waals surface area contributed by atoms with Gasteiger partial charge >= 0.3 is 0 Å². The summed E-state index contributed by atoms with van der Waals surface area (Å²) in [5.74, 6) is 1.43. The Morgan fingerprint density at radius 1 is 1.09 bits per heavy atom. The number of nitriles is 1. The van der Waals surface area contributed by atoms with Crippen molar-refractivity contribution in [2.45, 2.75) is 57.0 Å². The molecule has 4 nitrogen and oxygen atoms in total. The van der Waals surface area contributed by atoms with E-state index in [0.29, 0.717) is 25.0 Å². The van der Waals surface area contributed by atoms with Crippen molar-refractivity contribution in [2.24, 2.45) is 0 Å². The Morgan fingerprint density at radius 2 is 1.97 bits per heavy atom. The molecular formula is C27H30FN3O. The Bertz CT molecular complexity index is 1120. The van der Waals surface area contributed by atoms with E-state index in [1.807, 2.05) is 24.3 Å². The van der Waals surface area contributed by atoms with Crippen LogP contribution in [0.5, 0.6) is 5.75 Å². The summed E-state index contributed by atoms with van der Waals surface area (Å²) >= 11 is 0. The fourth-order valence-corrected chi connectivity index (χ4v) is 5.50. The lowest BCUT2D eigenvalue weighted by Crippen LogP contribution is -2.41. The van der Waals surface area contributed by atoms with Crippen molar-refractivity contribution in [2.75, 3.05) is 19.8 Å². The van der Waals surface area contributed by atoms with Crippen molar-refractivity contribution in [3.05, 3.63) is 64.8 Å². The molecule has 1 aromatic heterocycles. The van der Waals surface area contributed by atoms with Crippen LogP contribution in [0.15, 0.2) is 42.6 Å². The first-order chi connectivity index (χ1) is 15.7. The third-order valence-electron chi connectivity index (χ3n) is 7.26. The van der Waals surface area contributed by atoms with Crippen molar-refractivity contribution in [3.63, 3.8) is 0 Å². The number of benzene rings is 2. The quantitative estimate of drug-likeness (QED) is 0.498. The van der Waals surface area contributed by atoms with Gasteiger partial charge in [0.1, 0.15) is 5.75 Å². The first kappa shape index (κ1) is 21.0. The van der Waals surface area contributed by atoms with Crippen LogP contribution < -0.4 is 4.74 Å². The van der Waals surface area contributed by atoms with E-state index >= 15 is 0 Å². The van der Waals surface area contributed by atoms with Crippen LogP contribution in [0, 0.1) is 11.3 Å².